The number of rotatable bonds is 7. The van der Waals surface area contributed by atoms with Gasteiger partial charge in [0.05, 0.1) is 6.10 Å². The Kier molecular flexibility index (Phi) is 5.86. The Morgan fingerprint density at radius 1 is 1.35 bits per heavy atom. The van der Waals surface area contributed by atoms with E-state index in [0.29, 0.717) is 22.2 Å². The van der Waals surface area contributed by atoms with Gasteiger partial charge >= 0.3 is 0 Å². The van der Waals surface area contributed by atoms with E-state index >= 15 is 0 Å². The molecule has 108 valence electrons. The highest BCUT2D eigenvalue weighted by molar-refractivity contribution is 6.33. The number of nitrogens with zero attached hydrogens (tertiary/aromatic N) is 2. The van der Waals surface area contributed by atoms with E-state index in [4.69, 9.17) is 23.2 Å². The molecule has 0 saturated carbocycles. The third-order valence-corrected chi connectivity index (χ3v) is 3.53. The van der Waals surface area contributed by atoms with Gasteiger partial charge in [-0.15, -0.1) is 0 Å². The lowest BCUT2D eigenvalue weighted by Gasteiger charge is -2.14. The summed E-state index contributed by atoms with van der Waals surface area (Å²) in [6.07, 6.45) is 3.97. The summed E-state index contributed by atoms with van der Waals surface area (Å²) < 4.78 is 1.88. The van der Waals surface area contributed by atoms with Crippen molar-refractivity contribution in [1.82, 2.24) is 15.1 Å². The predicted molar refractivity (Wildman–Crippen MR) is 81.1 cm³/mol. The van der Waals surface area contributed by atoms with E-state index in [9.17, 15) is 5.11 Å². The summed E-state index contributed by atoms with van der Waals surface area (Å²) in [6, 6.07) is 7.00. The van der Waals surface area contributed by atoms with Gasteiger partial charge in [-0.3, -0.25) is 4.68 Å². The number of benzene rings is 1. The Bertz CT molecular complexity index is 531. The minimum Gasteiger partial charge on any atom is -0.387 e. The lowest BCUT2D eigenvalue weighted by Crippen LogP contribution is -2.23. The van der Waals surface area contributed by atoms with Crippen LogP contribution in [0.4, 0.5) is 0 Å². The summed E-state index contributed by atoms with van der Waals surface area (Å²) >= 11 is 11.9. The molecular formula is C14H17Cl2N3O. The number of hydrogen-bond acceptors (Lipinski definition) is 3. The van der Waals surface area contributed by atoms with Gasteiger partial charge in [-0.1, -0.05) is 23.2 Å². The SMILES string of the molecule is OC(CNCCCn1cccn1)c1cc(Cl)ccc1Cl. The zero-order chi connectivity index (χ0) is 14.4. The van der Waals surface area contributed by atoms with E-state index in [1.165, 1.54) is 0 Å². The topological polar surface area (TPSA) is 50.1 Å². The van der Waals surface area contributed by atoms with Gasteiger partial charge in [-0.05, 0) is 37.2 Å². The second-order valence-electron chi connectivity index (χ2n) is 4.51. The van der Waals surface area contributed by atoms with Crippen molar-refractivity contribution in [2.24, 2.45) is 0 Å². The van der Waals surface area contributed by atoms with Gasteiger partial charge in [0.15, 0.2) is 0 Å². The Morgan fingerprint density at radius 3 is 2.95 bits per heavy atom. The second-order valence-corrected chi connectivity index (χ2v) is 5.35. The molecule has 1 atom stereocenters. The van der Waals surface area contributed by atoms with Crippen LogP contribution in [0.1, 0.15) is 18.1 Å². The summed E-state index contributed by atoms with van der Waals surface area (Å²) in [5, 5.41) is 18.5. The molecule has 0 aliphatic carbocycles. The number of aryl methyl sites for hydroxylation is 1. The highest BCUT2D eigenvalue weighted by Crippen LogP contribution is 2.25. The molecule has 1 heterocycles. The minimum atomic E-state index is -0.661. The third kappa shape index (κ3) is 4.49. The number of halogens is 2. The summed E-state index contributed by atoms with van der Waals surface area (Å²) in [6.45, 7) is 2.10. The summed E-state index contributed by atoms with van der Waals surface area (Å²) in [7, 11) is 0. The summed E-state index contributed by atoms with van der Waals surface area (Å²) in [4.78, 5) is 0. The van der Waals surface area contributed by atoms with Crippen LogP contribution in [0.25, 0.3) is 0 Å². The molecule has 1 unspecified atom stereocenters. The van der Waals surface area contributed by atoms with Crippen LogP contribution in [0, 0.1) is 0 Å². The molecular weight excluding hydrogens is 297 g/mol. The van der Waals surface area contributed by atoms with Crippen molar-refractivity contribution in [2.45, 2.75) is 19.1 Å². The largest absolute Gasteiger partial charge is 0.387 e. The zero-order valence-corrected chi connectivity index (χ0v) is 12.5. The van der Waals surface area contributed by atoms with Gasteiger partial charge in [0, 0.05) is 41.1 Å². The monoisotopic (exact) mass is 313 g/mol. The first-order valence-corrected chi connectivity index (χ1v) is 7.23. The van der Waals surface area contributed by atoms with Crippen LogP contribution in [0.3, 0.4) is 0 Å². The predicted octanol–water partition coefficient (Wildman–Crippen LogP) is 2.90. The molecule has 0 bridgehead atoms. The van der Waals surface area contributed by atoms with Crippen LogP contribution in [-0.2, 0) is 6.54 Å². The van der Waals surface area contributed by atoms with E-state index < -0.39 is 6.10 Å². The van der Waals surface area contributed by atoms with Crippen molar-refractivity contribution in [3.63, 3.8) is 0 Å². The summed E-state index contributed by atoms with van der Waals surface area (Å²) in [5.74, 6) is 0. The number of hydrogen-bond donors (Lipinski definition) is 2. The summed E-state index contributed by atoms with van der Waals surface area (Å²) in [5.41, 5.74) is 0.652. The molecule has 1 aromatic heterocycles. The van der Waals surface area contributed by atoms with Crippen LogP contribution in [0.15, 0.2) is 36.7 Å². The van der Waals surface area contributed by atoms with Crippen LogP contribution in [0.2, 0.25) is 10.0 Å². The van der Waals surface area contributed by atoms with Crippen LogP contribution < -0.4 is 5.32 Å². The number of aliphatic hydroxyl groups excluding tert-OH is 1. The van der Waals surface area contributed by atoms with Crippen molar-refractivity contribution < 1.29 is 5.11 Å². The fourth-order valence-corrected chi connectivity index (χ4v) is 2.34. The third-order valence-electron chi connectivity index (χ3n) is 2.95. The van der Waals surface area contributed by atoms with E-state index in [1.54, 1.807) is 24.4 Å². The minimum absolute atomic E-state index is 0.444. The average molecular weight is 314 g/mol. The number of aliphatic hydroxyl groups is 1. The van der Waals surface area contributed by atoms with E-state index in [1.807, 2.05) is 16.9 Å². The quantitative estimate of drug-likeness (QED) is 0.773. The van der Waals surface area contributed by atoms with Crippen molar-refractivity contribution in [1.29, 1.82) is 0 Å². The van der Waals surface area contributed by atoms with Gasteiger partial charge in [0.1, 0.15) is 0 Å². The Morgan fingerprint density at radius 2 is 2.20 bits per heavy atom. The molecule has 2 aromatic rings. The maximum absolute atomic E-state index is 10.1. The van der Waals surface area contributed by atoms with E-state index in [2.05, 4.69) is 10.4 Å². The molecule has 1 aromatic carbocycles. The molecule has 2 rings (SSSR count). The first-order chi connectivity index (χ1) is 9.66. The lowest BCUT2D eigenvalue weighted by molar-refractivity contribution is 0.174. The Hall–Kier alpha value is -1.07. The van der Waals surface area contributed by atoms with Crippen LogP contribution >= 0.6 is 23.2 Å². The maximum atomic E-state index is 10.1. The lowest BCUT2D eigenvalue weighted by atomic mass is 10.1. The van der Waals surface area contributed by atoms with Crippen molar-refractivity contribution in [2.75, 3.05) is 13.1 Å². The Labute approximate surface area is 128 Å². The molecule has 6 heteroatoms. The first-order valence-electron chi connectivity index (χ1n) is 6.48. The Balaban J connectivity index is 1.72. The highest BCUT2D eigenvalue weighted by Gasteiger charge is 2.11. The second kappa shape index (κ2) is 7.64. The fourth-order valence-electron chi connectivity index (χ4n) is 1.92. The van der Waals surface area contributed by atoms with Crippen molar-refractivity contribution in [3.05, 3.63) is 52.3 Å². The number of aromatic nitrogens is 2. The molecule has 0 aliphatic rings. The van der Waals surface area contributed by atoms with Gasteiger partial charge in [-0.25, -0.2) is 0 Å². The van der Waals surface area contributed by atoms with Crippen molar-refractivity contribution >= 4 is 23.2 Å². The molecule has 4 nitrogen and oxygen atoms in total. The van der Waals surface area contributed by atoms with Gasteiger partial charge in [0.25, 0.3) is 0 Å². The first kappa shape index (κ1) is 15.3. The molecule has 0 amide bonds. The average Bonchev–Trinajstić information content (AvgIpc) is 2.94. The normalized spacial score (nSPS) is 12.6. The molecule has 20 heavy (non-hydrogen) atoms. The zero-order valence-electron chi connectivity index (χ0n) is 11.0. The molecule has 0 fully saturated rings. The molecule has 0 radical (unpaired) electrons. The number of nitrogens with one attached hydrogen (secondary N) is 1. The van der Waals surface area contributed by atoms with Gasteiger partial charge < -0.3 is 10.4 Å². The molecule has 0 aliphatic heterocycles. The van der Waals surface area contributed by atoms with Crippen LogP contribution in [0.5, 0.6) is 0 Å². The van der Waals surface area contributed by atoms with Gasteiger partial charge in [-0.2, -0.15) is 5.10 Å². The highest BCUT2D eigenvalue weighted by atomic mass is 35.5. The van der Waals surface area contributed by atoms with Gasteiger partial charge in [0.2, 0.25) is 0 Å². The molecule has 2 N–H and O–H groups in total. The smallest absolute Gasteiger partial charge is 0.0929 e. The van der Waals surface area contributed by atoms with Crippen LogP contribution in [-0.4, -0.2) is 28.0 Å². The fraction of sp³-hybridized carbons (Fsp3) is 0.357. The van der Waals surface area contributed by atoms with Crippen molar-refractivity contribution in [3.8, 4) is 0 Å². The molecule has 0 saturated heterocycles. The molecule has 0 spiro atoms. The van der Waals surface area contributed by atoms with E-state index in [-0.39, 0.29) is 0 Å². The maximum Gasteiger partial charge on any atom is 0.0929 e. The van der Waals surface area contributed by atoms with E-state index in [0.717, 1.165) is 19.5 Å². The standard InChI is InChI=1S/C14H17Cl2N3O/c15-11-3-4-13(16)12(9-11)14(20)10-17-5-1-7-19-8-2-6-18-19/h2-4,6,8-9,14,17,20H,1,5,7,10H2.